The largest absolute Gasteiger partial charge is 0.462 e. The SMILES string of the molecule is CCCC(=O)O[C@@H]1CC(OC(C)=O)C(C)(C)C/C=C(\C)C(=O)[C@@]2(OC(C)=O)C[C@H](C)[C@H](OC(C)=O)[C@@H]2/C=C/1C. The van der Waals surface area contributed by atoms with E-state index in [1.54, 1.807) is 26.0 Å². The predicted octanol–water partition coefficient (Wildman–Crippen LogP) is 4.80. The zero-order chi connectivity index (χ0) is 29.7. The molecule has 0 saturated heterocycles. The van der Waals surface area contributed by atoms with Crippen LogP contribution in [0.4, 0.5) is 0 Å². The molecule has 2 rings (SSSR count). The highest BCUT2D eigenvalue weighted by Crippen LogP contribution is 2.48. The molecule has 1 unspecified atom stereocenters. The molecule has 39 heavy (non-hydrogen) atoms. The number of Topliss-reactive ketones (excluding diaryl/α,β-unsaturated/α-hetero) is 1. The van der Waals surface area contributed by atoms with E-state index in [9.17, 15) is 24.0 Å². The third-order valence-corrected chi connectivity index (χ3v) is 7.67. The van der Waals surface area contributed by atoms with E-state index in [1.807, 2.05) is 27.7 Å². The fourth-order valence-electron chi connectivity index (χ4n) is 5.65. The molecule has 218 valence electrons. The number of hydrogen-bond acceptors (Lipinski definition) is 9. The van der Waals surface area contributed by atoms with Gasteiger partial charge in [-0.05, 0) is 43.8 Å². The van der Waals surface area contributed by atoms with Gasteiger partial charge in [0, 0.05) is 45.4 Å². The molecule has 0 aromatic rings. The molecular weight excluding hydrogens is 504 g/mol. The molecule has 2 aliphatic carbocycles. The Morgan fingerprint density at radius 1 is 0.974 bits per heavy atom. The van der Waals surface area contributed by atoms with Crippen LogP contribution in [0.3, 0.4) is 0 Å². The van der Waals surface area contributed by atoms with Gasteiger partial charge in [-0.25, -0.2) is 0 Å². The van der Waals surface area contributed by atoms with Gasteiger partial charge in [0.05, 0.1) is 5.92 Å². The average molecular weight is 549 g/mol. The van der Waals surface area contributed by atoms with Crippen LogP contribution in [-0.2, 0) is 42.9 Å². The summed E-state index contributed by atoms with van der Waals surface area (Å²) in [6.07, 6.45) is 2.81. The van der Waals surface area contributed by atoms with Crippen LogP contribution in [0.5, 0.6) is 0 Å². The lowest BCUT2D eigenvalue weighted by Gasteiger charge is -2.38. The van der Waals surface area contributed by atoms with Gasteiger partial charge in [-0.1, -0.05) is 39.8 Å². The second-order valence-electron chi connectivity index (χ2n) is 11.6. The molecule has 0 bridgehead atoms. The minimum atomic E-state index is -1.61. The number of ketones is 1. The minimum absolute atomic E-state index is 0.155. The highest BCUT2D eigenvalue weighted by atomic mass is 16.6. The lowest BCUT2D eigenvalue weighted by molar-refractivity contribution is -0.169. The lowest BCUT2D eigenvalue weighted by Crippen LogP contribution is -2.49. The Morgan fingerprint density at radius 2 is 1.59 bits per heavy atom. The van der Waals surface area contributed by atoms with Gasteiger partial charge in [0.15, 0.2) is 5.60 Å². The number of rotatable bonds is 6. The Balaban J connectivity index is 2.82. The summed E-state index contributed by atoms with van der Waals surface area (Å²) in [5.41, 5.74) is -1.26. The summed E-state index contributed by atoms with van der Waals surface area (Å²) >= 11 is 0. The predicted molar refractivity (Wildman–Crippen MR) is 143 cm³/mol. The molecule has 0 aliphatic heterocycles. The van der Waals surface area contributed by atoms with Crippen molar-refractivity contribution >= 4 is 29.7 Å². The van der Waals surface area contributed by atoms with Crippen molar-refractivity contribution in [3.05, 3.63) is 23.3 Å². The Bertz CT molecular complexity index is 1040. The molecule has 0 N–H and O–H groups in total. The lowest BCUT2D eigenvalue weighted by atomic mass is 9.76. The van der Waals surface area contributed by atoms with Gasteiger partial charge in [0.25, 0.3) is 0 Å². The number of esters is 4. The number of fused-ring (bicyclic) bond motifs is 1. The Kier molecular flexibility index (Phi) is 10.7. The quantitative estimate of drug-likeness (QED) is 0.262. The highest BCUT2D eigenvalue weighted by molar-refractivity contribution is 6.03. The third-order valence-electron chi connectivity index (χ3n) is 7.67. The third kappa shape index (κ3) is 7.79. The summed E-state index contributed by atoms with van der Waals surface area (Å²) in [6.45, 7) is 14.8. The zero-order valence-electron chi connectivity index (χ0n) is 24.8. The van der Waals surface area contributed by atoms with Crippen LogP contribution in [0.15, 0.2) is 23.3 Å². The summed E-state index contributed by atoms with van der Waals surface area (Å²) in [5, 5.41) is 0. The summed E-state index contributed by atoms with van der Waals surface area (Å²) in [5.74, 6) is -3.55. The van der Waals surface area contributed by atoms with Crippen molar-refractivity contribution in [2.75, 3.05) is 0 Å². The Morgan fingerprint density at radius 3 is 2.13 bits per heavy atom. The summed E-state index contributed by atoms with van der Waals surface area (Å²) in [7, 11) is 0. The van der Waals surface area contributed by atoms with Crippen LogP contribution in [-0.4, -0.2) is 53.6 Å². The molecule has 0 amide bonds. The van der Waals surface area contributed by atoms with Crippen molar-refractivity contribution in [2.45, 2.75) is 118 Å². The maximum Gasteiger partial charge on any atom is 0.306 e. The molecule has 0 aromatic heterocycles. The van der Waals surface area contributed by atoms with Gasteiger partial charge in [-0.3, -0.25) is 24.0 Å². The molecule has 0 heterocycles. The van der Waals surface area contributed by atoms with Crippen molar-refractivity contribution in [1.29, 1.82) is 0 Å². The first-order valence-electron chi connectivity index (χ1n) is 13.7. The van der Waals surface area contributed by atoms with Crippen LogP contribution in [0.2, 0.25) is 0 Å². The fraction of sp³-hybridized carbons (Fsp3) is 0.700. The van der Waals surface area contributed by atoms with Gasteiger partial charge in [-0.15, -0.1) is 0 Å². The van der Waals surface area contributed by atoms with E-state index in [2.05, 4.69) is 0 Å². The fourth-order valence-corrected chi connectivity index (χ4v) is 5.65. The molecule has 2 aliphatic rings. The topological polar surface area (TPSA) is 122 Å². The van der Waals surface area contributed by atoms with Crippen LogP contribution in [0.25, 0.3) is 0 Å². The number of carbonyl (C=O) groups is 5. The van der Waals surface area contributed by atoms with E-state index in [-0.39, 0.29) is 31.0 Å². The maximum atomic E-state index is 14.1. The van der Waals surface area contributed by atoms with Crippen LogP contribution in [0.1, 0.15) is 94.4 Å². The number of carbonyl (C=O) groups excluding carboxylic acids is 5. The number of ether oxygens (including phenoxy) is 4. The summed E-state index contributed by atoms with van der Waals surface area (Å²) in [4.78, 5) is 63.3. The summed E-state index contributed by atoms with van der Waals surface area (Å²) in [6, 6.07) is 0. The standard InChI is InChI=1S/C30H44O9/c1-10-11-26(34)38-24-15-25(36-20(5)31)29(8,9)13-12-17(2)28(35)30(39-22(7)33)16-19(4)27(37-21(6)32)23(30)14-18(24)3/h12,14,19,23-25,27H,10-11,13,15-16H2,1-9H3/b17-12+,18-14+/t19-,23-,24+,25?,27-,30+/m0/s1. The van der Waals surface area contributed by atoms with Gasteiger partial charge in [-0.2, -0.15) is 0 Å². The molecular formula is C30H44O9. The van der Waals surface area contributed by atoms with E-state index >= 15 is 0 Å². The van der Waals surface area contributed by atoms with Crippen LogP contribution in [0, 0.1) is 17.3 Å². The van der Waals surface area contributed by atoms with E-state index < -0.39 is 59.1 Å². The van der Waals surface area contributed by atoms with Crippen LogP contribution < -0.4 is 0 Å². The molecule has 0 aromatic carbocycles. The van der Waals surface area contributed by atoms with Crippen molar-refractivity contribution < 1.29 is 42.9 Å². The van der Waals surface area contributed by atoms with Crippen LogP contribution >= 0.6 is 0 Å². The molecule has 0 radical (unpaired) electrons. The van der Waals surface area contributed by atoms with Crippen molar-refractivity contribution in [2.24, 2.45) is 17.3 Å². The Labute approximate surface area is 231 Å². The van der Waals surface area contributed by atoms with E-state index in [0.717, 1.165) is 0 Å². The first-order valence-corrected chi connectivity index (χ1v) is 13.7. The first-order chi connectivity index (χ1) is 18.0. The smallest absolute Gasteiger partial charge is 0.306 e. The normalized spacial score (nSPS) is 33.6. The number of allylic oxidation sites excluding steroid dienone is 1. The van der Waals surface area contributed by atoms with Crippen molar-refractivity contribution in [1.82, 2.24) is 0 Å². The van der Waals surface area contributed by atoms with Gasteiger partial charge in [0.1, 0.15) is 18.3 Å². The molecule has 1 fully saturated rings. The molecule has 6 atom stereocenters. The second kappa shape index (κ2) is 12.9. The zero-order valence-corrected chi connectivity index (χ0v) is 24.8. The molecule has 1 saturated carbocycles. The highest BCUT2D eigenvalue weighted by Gasteiger charge is 2.60. The Hall–Kier alpha value is -2.97. The molecule has 0 spiro atoms. The van der Waals surface area contributed by atoms with Gasteiger partial charge in [0.2, 0.25) is 5.78 Å². The maximum absolute atomic E-state index is 14.1. The first kappa shape index (κ1) is 32.2. The average Bonchev–Trinajstić information content (AvgIpc) is 3.05. The monoisotopic (exact) mass is 548 g/mol. The molecule has 9 nitrogen and oxygen atoms in total. The second-order valence-corrected chi connectivity index (χ2v) is 11.6. The van der Waals surface area contributed by atoms with Crippen molar-refractivity contribution in [3.63, 3.8) is 0 Å². The van der Waals surface area contributed by atoms with Crippen molar-refractivity contribution in [3.8, 4) is 0 Å². The van der Waals surface area contributed by atoms with E-state index in [1.165, 1.54) is 20.8 Å². The minimum Gasteiger partial charge on any atom is -0.462 e. The number of hydrogen-bond donors (Lipinski definition) is 0. The van der Waals surface area contributed by atoms with E-state index in [0.29, 0.717) is 24.0 Å². The van der Waals surface area contributed by atoms with Gasteiger partial charge < -0.3 is 18.9 Å². The molecule has 9 heteroatoms. The van der Waals surface area contributed by atoms with E-state index in [4.69, 9.17) is 18.9 Å². The van der Waals surface area contributed by atoms with Gasteiger partial charge >= 0.3 is 23.9 Å². The summed E-state index contributed by atoms with van der Waals surface area (Å²) < 4.78 is 23.2.